The maximum Gasteiger partial charge on any atom is 0.329 e. The van der Waals surface area contributed by atoms with E-state index in [0.717, 1.165) is 5.56 Å². The summed E-state index contributed by atoms with van der Waals surface area (Å²) in [5.41, 5.74) is 1.41. The quantitative estimate of drug-likeness (QED) is 0.544. The van der Waals surface area contributed by atoms with Crippen LogP contribution in [-0.2, 0) is 20.7 Å². The number of para-hydroxylation sites is 1. The zero-order chi connectivity index (χ0) is 22.1. The van der Waals surface area contributed by atoms with E-state index < -0.39 is 30.4 Å². The van der Waals surface area contributed by atoms with Crippen LogP contribution in [0.15, 0.2) is 77.4 Å². The van der Waals surface area contributed by atoms with Gasteiger partial charge < -0.3 is 19.8 Å². The Hall–Kier alpha value is -4.38. The molecule has 8 nitrogen and oxygen atoms in total. The summed E-state index contributed by atoms with van der Waals surface area (Å²) in [4.78, 5) is 37.1. The number of rotatable bonds is 8. The fourth-order valence-corrected chi connectivity index (χ4v) is 2.79. The van der Waals surface area contributed by atoms with Gasteiger partial charge in [0.2, 0.25) is 0 Å². The van der Waals surface area contributed by atoms with Crippen molar-refractivity contribution in [1.82, 2.24) is 5.32 Å². The molecule has 0 bridgehead atoms. The van der Waals surface area contributed by atoms with Crippen molar-refractivity contribution in [3.05, 3.63) is 89.9 Å². The lowest BCUT2D eigenvalue weighted by atomic mass is 10.1. The molecule has 0 aliphatic carbocycles. The summed E-state index contributed by atoms with van der Waals surface area (Å²) in [5, 5.41) is 14.2. The molecule has 0 saturated carbocycles. The van der Waals surface area contributed by atoms with Gasteiger partial charge in [-0.05, 0) is 29.8 Å². The Bertz CT molecular complexity index is 1090. The molecule has 0 fully saturated rings. The van der Waals surface area contributed by atoms with E-state index >= 15 is 0 Å². The van der Waals surface area contributed by atoms with Crippen molar-refractivity contribution in [3.63, 3.8) is 0 Å². The lowest BCUT2D eigenvalue weighted by Crippen LogP contribution is -2.44. The first-order valence-electron chi connectivity index (χ1n) is 9.40. The van der Waals surface area contributed by atoms with Gasteiger partial charge >= 0.3 is 5.97 Å². The maximum absolute atomic E-state index is 12.6. The first-order valence-corrected chi connectivity index (χ1v) is 9.40. The minimum atomic E-state index is -1.03. The zero-order valence-electron chi connectivity index (χ0n) is 16.4. The zero-order valence-corrected chi connectivity index (χ0v) is 16.4. The number of esters is 1. The Morgan fingerprint density at radius 1 is 1.00 bits per heavy atom. The molecule has 2 amide bonds. The molecule has 0 radical (unpaired) electrons. The van der Waals surface area contributed by atoms with Gasteiger partial charge in [-0.1, -0.05) is 42.5 Å². The molecule has 0 unspecified atom stereocenters. The van der Waals surface area contributed by atoms with Crippen molar-refractivity contribution in [2.45, 2.75) is 12.5 Å². The SMILES string of the molecule is N#Cc1ccccc1NC(=O)COC(=O)[C@H](Cc1ccccc1)NC(=O)c1ccco1. The second-order valence-electron chi connectivity index (χ2n) is 6.51. The van der Waals surface area contributed by atoms with Crippen LogP contribution in [0.4, 0.5) is 5.69 Å². The van der Waals surface area contributed by atoms with Gasteiger partial charge in [-0.25, -0.2) is 4.79 Å². The highest BCUT2D eigenvalue weighted by atomic mass is 16.5. The molecule has 8 heteroatoms. The van der Waals surface area contributed by atoms with Crippen molar-refractivity contribution < 1.29 is 23.5 Å². The first kappa shape index (κ1) is 21.3. The highest BCUT2D eigenvalue weighted by molar-refractivity contribution is 5.96. The van der Waals surface area contributed by atoms with Gasteiger partial charge in [-0.3, -0.25) is 9.59 Å². The predicted molar refractivity (Wildman–Crippen MR) is 111 cm³/mol. The van der Waals surface area contributed by atoms with Crippen LogP contribution in [0.25, 0.3) is 0 Å². The van der Waals surface area contributed by atoms with Crippen LogP contribution in [0, 0.1) is 11.3 Å². The minimum Gasteiger partial charge on any atom is -0.459 e. The van der Waals surface area contributed by atoms with Gasteiger partial charge in [0.05, 0.1) is 17.5 Å². The molecule has 0 aliphatic rings. The highest BCUT2D eigenvalue weighted by Crippen LogP contribution is 2.13. The molecule has 3 aromatic rings. The van der Waals surface area contributed by atoms with Crippen LogP contribution in [0.1, 0.15) is 21.7 Å². The smallest absolute Gasteiger partial charge is 0.329 e. The number of furan rings is 1. The number of nitrogens with zero attached hydrogens (tertiary/aromatic N) is 1. The second-order valence-corrected chi connectivity index (χ2v) is 6.51. The molecule has 0 spiro atoms. The van der Waals surface area contributed by atoms with Crippen molar-refractivity contribution in [3.8, 4) is 6.07 Å². The molecule has 0 aliphatic heterocycles. The summed E-state index contributed by atoms with van der Waals surface area (Å²) >= 11 is 0. The monoisotopic (exact) mass is 417 g/mol. The van der Waals surface area contributed by atoms with Gasteiger partial charge in [0, 0.05) is 6.42 Å². The fourth-order valence-electron chi connectivity index (χ4n) is 2.79. The molecule has 0 saturated heterocycles. The lowest BCUT2D eigenvalue weighted by Gasteiger charge is -2.17. The number of benzene rings is 2. The third kappa shape index (κ3) is 6.05. The number of hydrogen-bond acceptors (Lipinski definition) is 6. The highest BCUT2D eigenvalue weighted by Gasteiger charge is 2.25. The Labute approximate surface area is 178 Å². The second kappa shape index (κ2) is 10.4. The van der Waals surface area contributed by atoms with Crippen LogP contribution in [0.3, 0.4) is 0 Å². The van der Waals surface area contributed by atoms with Crippen molar-refractivity contribution >= 4 is 23.5 Å². The summed E-state index contributed by atoms with van der Waals surface area (Å²) in [6, 6.07) is 19.5. The Balaban J connectivity index is 1.63. The Kier molecular flexibility index (Phi) is 7.16. The molecular weight excluding hydrogens is 398 g/mol. The number of nitrogens with one attached hydrogen (secondary N) is 2. The number of amides is 2. The van der Waals surface area contributed by atoms with Crippen molar-refractivity contribution in [1.29, 1.82) is 5.26 Å². The topological polar surface area (TPSA) is 121 Å². The average molecular weight is 417 g/mol. The fraction of sp³-hybridized carbons (Fsp3) is 0.130. The maximum atomic E-state index is 12.6. The van der Waals surface area contributed by atoms with Crippen LogP contribution in [0.5, 0.6) is 0 Å². The van der Waals surface area contributed by atoms with E-state index in [1.807, 2.05) is 36.4 Å². The number of carbonyl (C=O) groups excluding carboxylic acids is 3. The summed E-state index contributed by atoms with van der Waals surface area (Å²) < 4.78 is 10.2. The molecule has 31 heavy (non-hydrogen) atoms. The van der Waals surface area contributed by atoms with E-state index in [1.165, 1.54) is 12.3 Å². The summed E-state index contributed by atoms with van der Waals surface area (Å²) in [6.45, 7) is -0.569. The number of carbonyl (C=O) groups is 3. The average Bonchev–Trinajstić information content (AvgIpc) is 3.33. The van der Waals surface area contributed by atoms with Gasteiger partial charge in [-0.15, -0.1) is 0 Å². The molecule has 1 atom stereocenters. The predicted octanol–water partition coefficient (Wildman–Crippen LogP) is 2.67. The number of nitriles is 1. The number of anilines is 1. The van der Waals surface area contributed by atoms with E-state index in [1.54, 1.807) is 30.3 Å². The molecule has 1 aromatic heterocycles. The Morgan fingerprint density at radius 2 is 1.74 bits per heavy atom. The summed E-state index contributed by atoms with van der Waals surface area (Å²) in [7, 11) is 0. The standard InChI is InChI=1S/C23H19N3O5/c24-14-17-9-4-5-10-18(17)25-21(27)15-31-23(29)19(13-16-7-2-1-3-8-16)26-22(28)20-11-6-12-30-20/h1-12,19H,13,15H2,(H,25,27)(H,26,28)/t19-/m0/s1. The third-order valence-corrected chi connectivity index (χ3v) is 4.28. The van der Waals surface area contributed by atoms with E-state index in [4.69, 9.17) is 14.4 Å². The molecule has 156 valence electrons. The van der Waals surface area contributed by atoms with E-state index in [9.17, 15) is 14.4 Å². The largest absolute Gasteiger partial charge is 0.459 e. The number of ether oxygens (including phenoxy) is 1. The van der Waals surface area contributed by atoms with Gasteiger partial charge in [0.25, 0.3) is 11.8 Å². The van der Waals surface area contributed by atoms with Gasteiger partial charge in [0.15, 0.2) is 12.4 Å². The first-order chi connectivity index (χ1) is 15.1. The van der Waals surface area contributed by atoms with Crippen molar-refractivity contribution in [2.24, 2.45) is 0 Å². The lowest BCUT2D eigenvalue weighted by molar-refractivity contribution is -0.149. The minimum absolute atomic E-state index is 0.0525. The molecule has 2 aromatic carbocycles. The molecule has 3 rings (SSSR count). The third-order valence-electron chi connectivity index (χ3n) is 4.28. The van der Waals surface area contributed by atoms with Crippen LogP contribution >= 0.6 is 0 Å². The summed E-state index contributed by atoms with van der Waals surface area (Å²) in [6.07, 6.45) is 1.52. The molecule has 1 heterocycles. The molecule has 2 N–H and O–H groups in total. The number of hydrogen-bond donors (Lipinski definition) is 2. The van der Waals surface area contributed by atoms with Crippen molar-refractivity contribution in [2.75, 3.05) is 11.9 Å². The van der Waals surface area contributed by atoms with Crippen LogP contribution < -0.4 is 10.6 Å². The van der Waals surface area contributed by atoms with Gasteiger partial charge in [0.1, 0.15) is 12.1 Å². The summed E-state index contributed by atoms with van der Waals surface area (Å²) in [5.74, 6) is -1.90. The van der Waals surface area contributed by atoms with E-state index in [2.05, 4.69) is 10.6 Å². The van der Waals surface area contributed by atoms with Crippen LogP contribution in [-0.4, -0.2) is 30.4 Å². The molecular formula is C23H19N3O5. The van der Waals surface area contributed by atoms with E-state index in [-0.39, 0.29) is 17.7 Å². The van der Waals surface area contributed by atoms with Crippen LogP contribution in [0.2, 0.25) is 0 Å². The van der Waals surface area contributed by atoms with Gasteiger partial charge in [-0.2, -0.15) is 5.26 Å². The Morgan fingerprint density at radius 3 is 2.45 bits per heavy atom. The van der Waals surface area contributed by atoms with E-state index in [0.29, 0.717) is 5.69 Å². The normalized spacial score (nSPS) is 11.1.